The number of hydrogen-bond acceptors (Lipinski definition) is 3. The third kappa shape index (κ3) is 2.75. The molecule has 2 rings (SSSR count). The van der Waals surface area contributed by atoms with E-state index < -0.39 is 23.2 Å². The van der Waals surface area contributed by atoms with E-state index in [-0.39, 0.29) is 11.7 Å². The number of likely N-dealkylation sites (tertiary alicyclic amines) is 1. The van der Waals surface area contributed by atoms with Crippen molar-refractivity contribution in [2.24, 2.45) is 0 Å². The van der Waals surface area contributed by atoms with Gasteiger partial charge >= 0.3 is 5.97 Å². The highest BCUT2D eigenvalue weighted by molar-refractivity contribution is 5.88. The molecule has 4 nitrogen and oxygen atoms in total. The van der Waals surface area contributed by atoms with Gasteiger partial charge in [0.1, 0.15) is 0 Å². The van der Waals surface area contributed by atoms with Gasteiger partial charge in [-0.3, -0.25) is 0 Å². The lowest BCUT2D eigenvalue weighted by atomic mass is 10.0. The summed E-state index contributed by atoms with van der Waals surface area (Å²) >= 11 is 0. The third-order valence-electron chi connectivity index (χ3n) is 3.91. The Balaban J connectivity index is 2.24. The Bertz CT molecular complexity index is 514. The van der Waals surface area contributed by atoms with Gasteiger partial charge in [-0.05, 0) is 45.1 Å². The molecule has 1 fully saturated rings. The quantitative estimate of drug-likeness (QED) is 0.924. The number of carboxylic acid groups (broad SMARTS) is 1. The Morgan fingerprint density at radius 3 is 2.45 bits per heavy atom. The van der Waals surface area contributed by atoms with E-state index in [0.29, 0.717) is 0 Å². The standard InChI is InChI=1S/C14H18F2N2O2/c1-17-7-5-9(6-8-17)18(2)11-4-3-10(14(19)20)12(15)13(11)16/h3-4,9H,5-8H2,1-2H3,(H,19,20). The molecule has 0 radical (unpaired) electrons. The maximum absolute atomic E-state index is 14.0. The molecule has 0 saturated carbocycles. The molecule has 110 valence electrons. The predicted molar refractivity (Wildman–Crippen MR) is 72.2 cm³/mol. The molecule has 1 N–H and O–H groups in total. The largest absolute Gasteiger partial charge is 0.478 e. The summed E-state index contributed by atoms with van der Waals surface area (Å²) in [6.45, 7) is 1.82. The number of piperidine rings is 1. The van der Waals surface area contributed by atoms with Crippen LogP contribution in [0.2, 0.25) is 0 Å². The van der Waals surface area contributed by atoms with Crippen LogP contribution in [0.3, 0.4) is 0 Å². The molecule has 1 aliphatic heterocycles. The van der Waals surface area contributed by atoms with Crippen LogP contribution in [0.5, 0.6) is 0 Å². The maximum Gasteiger partial charge on any atom is 0.338 e. The first-order valence-corrected chi connectivity index (χ1v) is 6.54. The average molecular weight is 284 g/mol. The molecule has 1 aromatic carbocycles. The highest BCUT2D eigenvalue weighted by atomic mass is 19.2. The average Bonchev–Trinajstić information content (AvgIpc) is 2.41. The third-order valence-corrected chi connectivity index (χ3v) is 3.91. The molecule has 0 atom stereocenters. The van der Waals surface area contributed by atoms with Gasteiger partial charge in [0.25, 0.3) is 0 Å². The van der Waals surface area contributed by atoms with Crippen molar-refractivity contribution in [3.05, 3.63) is 29.3 Å². The Morgan fingerprint density at radius 2 is 1.90 bits per heavy atom. The van der Waals surface area contributed by atoms with Gasteiger partial charge in [0.05, 0.1) is 11.3 Å². The van der Waals surface area contributed by atoms with Crippen molar-refractivity contribution in [3.8, 4) is 0 Å². The van der Waals surface area contributed by atoms with E-state index >= 15 is 0 Å². The van der Waals surface area contributed by atoms with Crippen LogP contribution in [0.15, 0.2) is 12.1 Å². The van der Waals surface area contributed by atoms with Gasteiger partial charge in [-0.1, -0.05) is 0 Å². The SMILES string of the molecule is CN1CCC(N(C)c2ccc(C(=O)O)c(F)c2F)CC1. The maximum atomic E-state index is 14.0. The molecule has 0 unspecified atom stereocenters. The topological polar surface area (TPSA) is 43.8 Å². The summed E-state index contributed by atoms with van der Waals surface area (Å²) in [5, 5.41) is 8.77. The molecule has 1 aliphatic rings. The number of rotatable bonds is 3. The lowest BCUT2D eigenvalue weighted by Crippen LogP contribution is -2.42. The summed E-state index contributed by atoms with van der Waals surface area (Å²) in [6, 6.07) is 2.58. The number of carboxylic acids is 1. The molecule has 0 amide bonds. The summed E-state index contributed by atoms with van der Waals surface area (Å²) in [6.07, 6.45) is 1.74. The van der Waals surface area contributed by atoms with Gasteiger partial charge in [-0.2, -0.15) is 0 Å². The number of hydrogen-bond donors (Lipinski definition) is 1. The Hall–Kier alpha value is -1.69. The number of aromatic carboxylic acids is 1. The van der Waals surface area contributed by atoms with Crippen molar-refractivity contribution < 1.29 is 18.7 Å². The lowest BCUT2D eigenvalue weighted by molar-refractivity contribution is 0.0690. The second-order valence-corrected chi connectivity index (χ2v) is 5.21. The molecule has 0 bridgehead atoms. The number of carbonyl (C=O) groups is 1. The van der Waals surface area contributed by atoms with Crippen molar-refractivity contribution in [1.82, 2.24) is 4.90 Å². The first-order valence-electron chi connectivity index (χ1n) is 6.54. The molecule has 0 spiro atoms. The van der Waals surface area contributed by atoms with Crippen molar-refractivity contribution in [2.75, 3.05) is 32.1 Å². The zero-order chi connectivity index (χ0) is 14.9. The Morgan fingerprint density at radius 1 is 1.30 bits per heavy atom. The van der Waals surface area contributed by atoms with E-state index in [1.807, 2.05) is 7.05 Å². The van der Waals surface area contributed by atoms with Crippen molar-refractivity contribution in [3.63, 3.8) is 0 Å². The van der Waals surface area contributed by atoms with Crippen LogP contribution < -0.4 is 4.90 Å². The molecular weight excluding hydrogens is 266 g/mol. The van der Waals surface area contributed by atoms with Crippen LogP contribution in [-0.2, 0) is 0 Å². The van der Waals surface area contributed by atoms with Crippen molar-refractivity contribution >= 4 is 11.7 Å². The molecular formula is C14H18F2N2O2. The minimum atomic E-state index is -1.46. The molecule has 0 aromatic heterocycles. The van der Waals surface area contributed by atoms with Crippen LogP contribution >= 0.6 is 0 Å². The van der Waals surface area contributed by atoms with E-state index in [2.05, 4.69) is 4.90 Å². The second-order valence-electron chi connectivity index (χ2n) is 5.21. The second kappa shape index (κ2) is 5.75. The van der Waals surface area contributed by atoms with Gasteiger partial charge in [-0.25, -0.2) is 13.6 Å². The minimum Gasteiger partial charge on any atom is -0.478 e. The molecule has 1 saturated heterocycles. The first-order chi connectivity index (χ1) is 9.41. The monoisotopic (exact) mass is 284 g/mol. The molecule has 0 aliphatic carbocycles. The van der Waals surface area contributed by atoms with E-state index in [9.17, 15) is 13.6 Å². The number of nitrogens with zero attached hydrogens (tertiary/aromatic N) is 2. The van der Waals surface area contributed by atoms with Crippen molar-refractivity contribution in [1.29, 1.82) is 0 Å². The highest BCUT2D eigenvalue weighted by Crippen LogP contribution is 2.27. The van der Waals surface area contributed by atoms with Crippen LogP contribution in [0, 0.1) is 11.6 Å². The van der Waals surface area contributed by atoms with Gasteiger partial charge < -0.3 is 14.9 Å². The fraction of sp³-hybridized carbons (Fsp3) is 0.500. The fourth-order valence-electron chi connectivity index (χ4n) is 2.56. The van der Waals surface area contributed by atoms with E-state index in [4.69, 9.17) is 5.11 Å². The Kier molecular flexibility index (Phi) is 4.23. The molecule has 20 heavy (non-hydrogen) atoms. The fourth-order valence-corrected chi connectivity index (χ4v) is 2.56. The highest BCUT2D eigenvalue weighted by Gasteiger charge is 2.25. The van der Waals surface area contributed by atoms with Crippen LogP contribution in [0.4, 0.5) is 14.5 Å². The normalized spacial score (nSPS) is 17.2. The van der Waals surface area contributed by atoms with Gasteiger partial charge in [-0.15, -0.1) is 0 Å². The van der Waals surface area contributed by atoms with Crippen LogP contribution in [0.1, 0.15) is 23.2 Å². The zero-order valence-electron chi connectivity index (χ0n) is 11.6. The van der Waals surface area contributed by atoms with Gasteiger partial charge in [0.2, 0.25) is 0 Å². The molecule has 6 heteroatoms. The van der Waals surface area contributed by atoms with Gasteiger partial charge in [0, 0.05) is 13.1 Å². The molecule has 1 aromatic rings. The zero-order valence-corrected chi connectivity index (χ0v) is 11.6. The lowest BCUT2D eigenvalue weighted by Gasteiger charge is -2.36. The summed E-state index contributed by atoms with van der Waals surface area (Å²) in [5.41, 5.74) is -0.523. The number of anilines is 1. The summed E-state index contributed by atoms with van der Waals surface area (Å²) in [7, 11) is 3.74. The molecule has 1 heterocycles. The summed E-state index contributed by atoms with van der Waals surface area (Å²) in [4.78, 5) is 14.7. The van der Waals surface area contributed by atoms with Crippen molar-refractivity contribution in [2.45, 2.75) is 18.9 Å². The summed E-state index contributed by atoms with van der Waals surface area (Å²) < 4.78 is 27.7. The van der Waals surface area contributed by atoms with E-state index in [1.54, 1.807) is 11.9 Å². The minimum absolute atomic E-state index is 0.113. The number of benzene rings is 1. The smallest absolute Gasteiger partial charge is 0.338 e. The predicted octanol–water partition coefficient (Wildman–Crippen LogP) is 2.19. The van der Waals surface area contributed by atoms with E-state index in [1.165, 1.54) is 6.07 Å². The van der Waals surface area contributed by atoms with Crippen LogP contribution in [0.25, 0.3) is 0 Å². The van der Waals surface area contributed by atoms with E-state index in [0.717, 1.165) is 32.0 Å². The number of halogens is 2. The Labute approximate surface area is 116 Å². The van der Waals surface area contributed by atoms with Gasteiger partial charge in [0.15, 0.2) is 11.6 Å². The van der Waals surface area contributed by atoms with Crippen LogP contribution in [-0.4, -0.2) is 49.2 Å². The summed E-state index contributed by atoms with van der Waals surface area (Å²) in [5.74, 6) is -3.85. The first kappa shape index (κ1) is 14.7.